The van der Waals surface area contributed by atoms with Crippen molar-refractivity contribution in [3.05, 3.63) is 108 Å². The average molecular weight is 439 g/mol. The zero-order chi connectivity index (χ0) is 23.0. The van der Waals surface area contributed by atoms with E-state index in [4.69, 9.17) is 9.84 Å². The molecule has 4 rings (SSSR count). The Kier molecular flexibility index (Phi) is 6.95. The highest BCUT2D eigenvalue weighted by atomic mass is 16.5. The number of amides is 1. The van der Waals surface area contributed by atoms with Crippen LogP contribution in [0.25, 0.3) is 17.3 Å². The van der Waals surface area contributed by atoms with Gasteiger partial charge in [-0.25, -0.2) is 0 Å². The summed E-state index contributed by atoms with van der Waals surface area (Å²) in [7, 11) is 3.43. The Hall–Kier alpha value is -4.19. The molecule has 6 nitrogen and oxygen atoms in total. The van der Waals surface area contributed by atoms with Crippen molar-refractivity contribution in [3.63, 3.8) is 0 Å². The molecule has 0 spiro atoms. The van der Waals surface area contributed by atoms with Gasteiger partial charge in [-0.3, -0.25) is 14.5 Å². The fraction of sp³-hybridized carbons (Fsp3) is 0.148. The van der Waals surface area contributed by atoms with Crippen molar-refractivity contribution in [3.8, 4) is 17.0 Å². The Balaban J connectivity index is 1.53. The van der Waals surface area contributed by atoms with E-state index < -0.39 is 0 Å². The van der Waals surface area contributed by atoms with Crippen LogP contribution in [0, 0.1) is 0 Å². The highest BCUT2D eigenvalue weighted by Gasteiger charge is 2.12. The lowest BCUT2D eigenvalue weighted by atomic mass is 10.1. The molecule has 33 heavy (non-hydrogen) atoms. The Morgan fingerprint density at radius 1 is 1.03 bits per heavy atom. The van der Waals surface area contributed by atoms with Crippen LogP contribution in [0.2, 0.25) is 0 Å². The molecule has 0 saturated heterocycles. The van der Waals surface area contributed by atoms with Gasteiger partial charge in [-0.15, -0.1) is 0 Å². The number of carbonyl (C=O) groups is 1. The predicted molar refractivity (Wildman–Crippen MR) is 130 cm³/mol. The Labute approximate surface area is 193 Å². The van der Waals surface area contributed by atoms with E-state index in [-0.39, 0.29) is 5.91 Å². The molecule has 0 atom stereocenters. The number of aromatic nitrogens is 3. The molecule has 0 aliphatic heterocycles. The minimum Gasteiger partial charge on any atom is -0.497 e. The summed E-state index contributed by atoms with van der Waals surface area (Å²) in [5.41, 5.74) is 4.75. The van der Waals surface area contributed by atoms with Gasteiger partial charge in [0.15, 0.2) is 0 Å². The fourth-order valence-corrected chi connectivity index (χ4v) is 3.51. The summed E-state index contributed by atoms with van der Waals surface area (Å²) in [4.78, 5) is 18.7. The second-order valence-corrected chi connectivity index (χ2v) is 7.73. The van der Waals surface area contributed by atoms with Gasteiger partial charge in [-0.2, -0.15) is 5.10 Å². The third-order valence-electron chi connectivity index (χ3n) is 5.27. The maximum absolute atomic E-state index is 12.8. The highest BCUT2D eigenvalue weighted by molar-refractivity contribution is 5.92. The van der Waals surface area contributed by atoms with Gasteiger partial charge < -0.3 is 9.64 Å². The molecule has 6 heteroatoms. The lowest BCUT2D eigenvalue weighted by molar-refractivity contribution is -0.125. The van der Waals surface area contributed by atoms with E-state index in [0.29, 0.717) is 13.1 Å². The normalized spacial score (nSPS) is 11.0. The van der Waals surface area contributed by atoms with E-state index >= 15 is 0 Å². The Morgan fingerprint density at radius 2 is 1.82 bits per heavy atom. The number of likely N-dealkylation sites (N-methyl/N-ethyl adjacent to an activating group) is 1. The smallest absolute Gasteiger partial charge is 0.246 e. The first-order chi connectivity index (χ1) is 16.1. The lowest BCUT2D eigenvalue weighted by Crippen LogP contribution is -2.24. The van der Waals surface area contributed by atoms with E-state index in [1.807, 2.05) is 71.6 Å². The highest BCUT2D eigenvalue weighted by Crippen LogP contribution is 2.23. The first-order valence-electron chi connectivity index (χ1n) is 10.7. The van der Waals surface area contributed by atoms with Crippen molar-refractivity contribution in [1.82, 2.24) is 19.7 Å². The van der Waals surface area contributed by atoms with Gasteiger partial charge in [0.1, 0.15) is 11.4 Å². The van der Waals surface area contributed by atoms with Crippen LogP contribution >= 0.6 is 0 Å². The van der Waals surface area contributed by atoms with Crippen molar-refractivity contribution in [1.29, 1.82) is 0 Å². The molecule has 0 fully saturated rings. The van der Waals surface area contributed by atoms with E-state index in [1.54, 1.807) is 37.5 Å². The van der Waals surface area contributed by atoms with Gasteiger partial charge in [-0.05, 0) is 41.5 Å². The van der Waals surface area contributed by atoms with E-state index in [9.17, 15) is 4.79 Å². The molecule has 0 aliphatic rings. The molecule has 0 saturated carbocycles. The topological polar surface area (TPSA) is 60.2 Å². The first-order valence-corrected chi connectivity index (χ1v) is 10.7. The molecule has 2 aromatic heterocycles. The van der Waals surface area contributed by atoms with E-state index in [0.717, 1.165) is 33.7 Å². The monoisotopic (exact) mass is 438 g/mol. The molecule has 4 aromatic rings. The van der Waals surface area contributed by atoms with Crippen molar-refractivity contribution in [2.75, 3.05) is 14.2 Å². The molecule has 0 bridgehead atoms. The molecule has 1 amide bonds. The fourth-order valence-electron chi connectivity index (χ4n) is 3.51. The van der Waals surface area contributed by atoms with Crippen molar-refractivity contribution in [2.24, 2.45) is 0 Å². The maximum Gasteiger partial charge on any atom is 0.246 e. The van der Waals surface area contributed by atoms with Crippen LogP contribution in [-0.4, -0.2) is 39.7 Å². The molecule has 166 valence electrons. The third-order valence-corrected chi connectivity index (χ3v) is 5.27. The number of pyridine rings is 1. The van der Waals surface area contributed by atoms with Gasteiger partial charge >= 0.3 is 0 Å². The van der Waals surface area contributed by atoms with Crippen LogP contribution in [-0.2, 0) is 17.9 Å². The maximum atomic E-state index is 12.8. The van der Waals surface area contributed by atoms with Crippen molar-refractivity contribution >= 4 is 12.0 Å². The molecule has 0 N–H and O–H groups in total. The van der Waals surface area contributed by atoms with Crippen molar-refractivity contribution < 1.29 is 9.53 Å². The minimum atomic E-state index is -0.0845. The van der Waals surface area contributed by atoms with Crippen molar-refractivity contribution in [2.45, 2.75) is 13.1 Å². The van der Waals surface area contributed by atoms with Crippen LogP contribution in [0.5, 0.6) is 5.75 Å². The summed E-state index contributed by atoms with van der Waals surface area (Å²) in [6, 6.07) is 21.7. The average Bonchev–Trinajstić information content (AvgIpc) is 3.26. The van der Waals surface area contributed by atoms with Crippen LogP contribution in [0.4, 0.5) is 0 Å². The summed E-state index contributed by atoms with van der Waals surface area (Å²) in [6.07, 6.45) is 8.89. The summed E-state index contributed by atoms with van der Waals surface area (Å²) < 4.78 is 7.08. The first kappa shape index (κ1) is 22.0. The number of rotatable bonds is 8. The SMILES string of the molecule is COc1ccc(CN(C)C(=O)/C=C/c2cn(Cc3ccccc3)nc2-c2cccnc2)cc1. The number of hydrogen-bond acceptors (Lipinski definition) is 4. The van der Waals surface area contributed by atoms with Crippen LogP contribution in [0.15, 0.2) is 91.4 Å². The zero-order valence-electron chi connectivity index (χ0n) is 18.8. The molecule has 2 aromatic carbocycles. The Bertz CT molecular complexity index is 1220. The van der Waals surface area contributed by atoms with E-state index in [1.165, 1.54) is 0 Å². The molecule has 0 radical (unpaired) electrons. The molecular weight excluding hydrogens is 412 g/mol. The number of ether oxygens (including phenoxy) is 1. The quantitative estimate of drug-likeness (QED) is 0.375. The summed E-state index contributed by atoms with van der Waals surface area (Å²) in [5.74, 6) is 0.710. The summed E-state index contributed by atoms with van der Waals surface area (Å²) in [5, 5.41) is 4.77. The minimum absolute atomic E-state index is 0.0845. The zero-order valence-corrected chi connectivity index (χ0v) is 18.8. The summed E-state index contributed by atoms with van der Waals surface area (Å²) >= 11 is 0. The molecule has 2 heterocycles. The van der Waals surface area contributed by atoms with Gasteiger partial charge in [0.05, 0.1) is 13.7 Å². The summed E-state index contributed by atoms with van der Waals surface area (Å²) in [6.45, 7) is 1.16. The number of methoxy groups -OCH3 is 1. The van der Waals surface area contributed by atoms with Crippen LogP contribution in [0.1, 0.15) is 16.7 Å². The third kappa shape index (κ3) is 5.74. The number of nitrogens with zero attached hydrogens (tertiary/aromatic N) is 4. The van der Waals surface area contributed by atoms with Gasteiger partial charge in [-0.1, -0.05) is 42.5 Å². The standard InChI is InChI=1S/C27H26N4O2/c1-30(18-22-10-13-25(33-2)14-11-22)26(32)15-12-24-20-31(19-21-7-4-3-5-8-21)29-27(24)23-9-6-16-28-17-23/h3-17,20H,18-19H2,1-2H3/b15-12+. The lowest BCUT2D eigenvalue weighted by Gasteiger charge is -2.15. The molecular formula is C27H26N4O2. The van der Waals surface area contributed by atoms with Crippen LogP contribution < -0.4 is 4.74 Å². The van der Waals surface area contributed by atoms with E-state index in [2.05, 4.69) is 17.1 Å². The molecule has 0 aliphatic carbocycles. The molecule has 0 unspecified atom stereocenters. The Morgan fingerprint density at radius 3 is 2.52 bits per heavy atom. The second kappa shape index (κ2) is 10.4. The van der Waals surface area contributed by atoms with Gasteiger partial charge in [0.25, 0.3) is 0 Å². The second-order valence-electron chi connectivity index (χ2n) is 7.73. The number of benzene rings is 2. The number of carbonyl (C=O) groups excluding carboxylic acids is 1. The predicted octanol–water partition coefficient (Wildman–Crippen LogP) is 4.67. The van der Waals surface area contributed by atoms with Gasteiger partial charge in [0.2, 0.25) is 5.91 Å². The number of hydrogen-bond donors (Lipinski definition) is 0. The van der Waals surface area contributed by atoms with Gasteiger partial charge in [0, 0.05) is 49.4 Å². The van der Waals surface area contributed by atoms with Crippen LogP contribution in [0.3, 0.4) is 0 Å². The largest absolute Gasteiger partial charge is 0.497 e.